The fourth-order valence-electron chi connectivity index (χ4n) is 1.60. The quantitative estimate of drug-likeness (QED) is 0.550. The second-order valence-electron chi connectivity index (χ2n) is 3.52. The minimum absolute atomic E-state index is 0.637. The Balaban J connectivity index is 2.61. The van der Waals surface area contributed by atoms with Crippen molar-refractivity contribution in [2.75, 3.05) is 7.05 Å². The molecule has 1 atom stereocenters. The summed E-state index contributed by atoms with van der Waals surface area (Å²) in [5, 5.41) is 0. The summed E-state index contributed by atoms with van der Waals surface area (Å²) >= 11 is 0. The van der Waals surface area contributed by atoms with Crippen LogP contribution in [0.4, 0.5) is 0 Å². The molecule has 0 amide bonds. The van der Waals surface area contributed by atoms with Crippen LogP contribution in [-0.4, -0.2) is 12.8 Å². The number of nitrogens with zero attached hydrogens (tertiary/aromatic N) is 1. The first-order valence-electron chi connectivity index (χ1n) is 4.29. The number of hydrogen-bond donors (Lipinski definition) is 0. The van der Waals surface area contributed by atoms with E-state index in [2.05, 4.69) is 18.5 Å². The average Bonchev–Trinajstić information content (AvgIpc) is 2.68. The maximum Gasteiger partial charge on any atom is 0.0398 e. The van der Waals surface area contributed by atoms with Crippen LogP contribution in [0.2, 0.25) is 0 Å². The number of hydrogen-bond acceptors (Lipinski definition) is 1. The van der Waals surface area contributed by atoms with Gasteiger partial charge in [0.05, 0.1) is 0 Å². The van der Waals surface area contributed by atoms with Crippen LogP contribution in [0.1, 0.15) is 26.7 Å². The van der Waals surface area contributed by atoms with Gasteiger partial charge in [0, 0.05) is 18.7 Å². The number of rotatable bonds is 3. The van der Waals surface area contributed by atoms with E-state index in [0.717, 1.165) is 11.5 Å². The molecule has 1 aliphatic rings. The summed E-state index contributed by atoms with van der Waals surface area (Å²) in [5.74, 6) is 1.53. The molecule has 0 spiro atoms. The van der Waals surface area contributed by atoms with Gasteiger partial charge in [0.2, 0.25) is 0 Å². The zero-order valence-electron chi connectivity index (χ0n) is 7.72. The zero-order valence-corrected chi connectivity index (χ0v) is 7.72. The van der Waals surface area contributed by atoms with Crippen molar-refractivity contribution in [1.29, 1.82) is 0 Å². The predicted octanol–water partition coefficient (Wildman–Crippen LogP) is 2.68. The molecule has 1 unspecified atom stereocenters. The van der Waals surface area contributed by atoms with Crippen LogP contribution in [0.25, 0.3) is 0 Å². The van der Waals surface area contributed by atoms with E-state index in [1.54, 1.807) is 0 Å². The van der Waals surface area contributed by atoms with Crippen molar-refractivity contribution in [1.82, 2.24) is 0 Å². The Morgan fingerprint density at radius 3 is 2.36 bits per heavy atom. The van der Waals surface area contributed by atoms with Crippen molar-refractivity contribution in [3.05, 3.63) is 12.2 Å². The molecule has 1 saturated carbocycles. The zero-order chi connectivity index (χ0) is 8.43. The van der Waals surface area contributed by atoms with E-state index in [4.69, 9.17) is 0 Å². The molecular formula is C10H17N. The first-order chi connectivity index (χ1) is 5.16. The van der Waals surface area contributed by atoms with E-state index in [9.17, 15) is 0 Å². The smallest absolute Gasteiger partial charge is 0.0398 e. The van der Waals surface area contributed by atoms with E-state index in [0.29, 0.717) is 5.92 Å². The number of aliphatic imine (C=N–C) groups is 1. The highest BCUT2D eigenvalue weighted by molar-refractivity contribution is 6.00. The maximum absolute atomic E-state index is 4.27. The van der Waals surface area contributed by atoms with E-state index in [1.165, 1.54) is 18.6 Å². The molecule has 0 aliphatic heterocycles. The van der Waals surface area contributed by atoms with Gasteiger partial charge >= 0.3 is 0 Å². The molecule has 11 heavy (non-hydrogen) atoms. The highest BCUT2D eigenvalue weighted by Gasteiger charge is 2.30. The molecular weight excluding hydrogens is 134 g/mol. The second kappa shape index (κ2) is 3.21. The van der Waals surface area contributed by atoms with Crippen LogP contribution in [0.3, 0.4) is 0 Å². The minimum Gasteiger partial charge on any atom is -0.293 e. The van der Waals surface area contributed by atoms with Crippen LogP contribution in [-0.2, 0) is 0 Å². The SMILES string of the molecule is C=C(C)C(=NC)C(C)C1CC1. The molecule has 0 saturated heterocycles. The molecule has 0 aromatic rings. The van der Waals surface area contributed by atoms with Gasteiger partial charge in [-0.05, 0) is 31.3 Å². The van der Waals surface area contributed by atoms with Crippen molar-refractivity contribution >= 4 is 5.71 Å². The minimum atomic E-state index is 0.637. The van der Waals surface area contributed by atoms with E-state index < -0.39 is 0 Å². The van der Waals surface area contributed by atoms with Crippen molar-refractivity contribution in [3.63, 3.8) is 0 Å². The van der Waals surface area contributed by atoms with Crippen LogP contribution in [0.5, 0.6) is 0 Å². The molecule has 0 aromatic carbocycles. The van der Waals surface area contributed by atoms with Crippen LogP contribution < -0.4 is 0 Å². The largest absolute Gasteiger partial charge is 0.293 e. The van der Waals surface area contributed by atoms with Crippen molar-refractivity contribution in [2.24, 2.45) is 16.8 Å². The summed E-state index contributed by atoms with van der Waals surface area (Å²) < 4.78 is 0. The monoisotopic (exact) mass is 151 g/mol. The van der Waals surface area contributed by atoms with Gasteiger partial charge in [0.15, 0.2) is 0 Å². The third-order valence-electron chi connectivity index (χ3n) is 2.44. The van der Waals surface area contributed by atoms with Crippen LogP contribution in [0.15, 0.2) is 17.1 Å². The Bertz CT molecular complexity index is 187. The molecule has 0 bridgehead atoms. The van der Waals surface area contributed by atoms with Gasteiger partial charge in [-0.15, -0.1) is 0 Å². The standard InChI is InChI=1S/C10H17N/c1-7(2)10(11-4)8(3)9-5-6-9/h8-9H,1,5-6H2,2-4H3. The Morgan fingerprint density at radius 1 is 1.55 bits per heavy atom. The van der Waals surface area contributed by atoms with Crippen LogP contribution in [0, 0.1) is 11.8 Å². The normalized spacial score (nSPS) is 21.5. The summed E-state index contributed by atoms with van der Waals surface area (Å²) in [6.45, 7) is 8.23. The van der Waals surface area contributed by atoms with Crippen molar-refractivity contribution < 1.29 is 0 Å². The van der Waals surface area contributed by atoms with Crippen LogP contribution >= 0.6 is 0 Å². The summed E-state index contributed by atoms with van der Waals surface area (Å²) in [4.78, 5) is 4.27. The summed E-state index contributed by atoms with van der Waals surface area (Å²) in [6, 6.07) is 0. The van der Waals surface area contributed by atoms with Gasteiger partial charge in [-0.25, -0.2) is 0 Å². The number of allylic oxidation sites excluding steroid dienone is 1. The topological polar surface area (TPSA) is 12.4 Å². The maximum atomic E-state index is 4.27. The third-order valence-corrected chi connectivity index (χ3v) is 2.44. The fourth-order valence-corrected chi connectivity index (χ4v) is 1.60. The molecule has 1 nitrogen and oxygen atoms in total. The third kappa shape index (κ3) is 1.92. The second-order valence-corrected chi connectivity index (χ2v) is 3.52. The first kappa shape index (κ1) is 8.51. The molecule has 1 aliphatic carbocycles. The first-order valence-corrected chi connectivity index (χ1v) is 4.29. The lowest BCUT2D eigenvalue weighted by atomic mass is 9.95. The fraction of sp³-hybridized carbons (Fsp3) is 0.700. The van der Waals surface area contributed by atoms with Gasteiger partial charge in [0.1, 0.15) is 0 Å². The lowest BCUT2D eigenvalue weighted by Gasteiger charge is -2.12. The molecule has 0 N–H and O–H groups in total. The Labute approximate surface area is 69.2 Å². The van der Waals surface area contributed by atoms with Gasteiger partial charge in [-0.1, -0.05) is 13.5 Å². The molecule has 62 valence electrons. The lowest BCUT2D eigenvalue weighted by Crippen LogP contribution is -2.13. The molecule has 0 aromatic heterocycles. The highest BCUT2D eigenvalue weighted by Crippen LogP contribution is 2.38. The van der Waals surface area contributed by atoms with Gasteiger partial charge in [0.25, 0.3) is 0 Å². The molecule has 1 rings (SSSR count). The average molecular weight is 151 g/mol. The Morgan fingerprint density at radius 2 is 2.09 bits per heavy atom. The van der Waals surface area contributed by atoms with Gasteiger partial charge in [-0.3, -0.25) is 4.99 Å². The Kier molecular flexibility index (Phi) is 2.48. The molecule has 1 heteroatoms. The van der Waals surface area contributed by atoms with E-state index in [-0.39, 0.29) is 0 Å². The summed E-state index contributed by atoms with van der Waals surface area (Å²) in [7, 11) is 1.86. The van der Waals surface area contributed by atoms with Gasteiger partial charge < -0.3 is 0 Å². The molecule has 0 radical (unpaired) electrons. The van der Waals surface area contributed by atoms with Gasteiger partial charge in [-0.2, -0.15) is 0 Å². The highest BCUT2D eigenvalue weighted by atomic mass is 14.7. The summed E-state index contributed by atoms with van der Waals surface area (Å²) in [5.41, 5.74) is 2.35. The summed E-state index contributed by atoms with van der Waals surface area (Å²) in [6.07, 6.45) is 2.76. The Hall–Kier alpha value is -0.590. The molecule has 1 fully saturated rings. The predicted molar refractivity (Wildman–Crippen MR) is 50.1 cm³/mol. The molecule has 0 heterocycles. The lowest BCUT2D eigenvalue weighted by molar-refractivity contribution is 0.664. The van der Waals surface area contributed by atoms with E-state index in [1.807, 2.05) is 14.0 Å². The van der Waals surface area contributed by atoms with Crippen molar-refractivity contribution in [3.8, 4) is 0 Å². The van der Waals surface area contributed by atoms with Crippen molar-refractivity contribution in [2.45, 2.75) is 26.7 Å². The van der Waals surface area contributed by atoms with E-state index >= 15 is 0 Å².